The van der Waals surface area contributed by atoms with Crippen LogP contribution in [0, 0.1) is 11.6 Å². The topological polar surface area (TPSA) is 58.2 Å². The Morgan fingerprint density at radius 2 is 1.83 bits per heavy atom. The van der Waals surface area contributed by atoms with E-state index in [0.29, 0.717) is 5.69 Å². The smallest absolute Gasteiger partial charge is 0.248 e. The van der Waals surface area contributed by atoms with Gasteiger partial charge in [-0.2, -0.15) is 0 Å². The van der Waals surface area contributed by atoms with Crippen LogP contribution in [0.3, 0.4) is 0 Å². The van der Waals surface area contributed by atoms with Crippen LogP contribution >= 0.6 is 11.6 Å². The Morgan fingerprint density at radius 1 is 1.08 bits per heavy atom. The lowest BCUT2D eigenvalue weighted by Gasteiger charge is -2.07. The molecule has 0 radical (unpaired) electrons. The van der Waals surface area contributed by atoms with Gasteiger partial charge in [0.25, 0.3) is 0 Å². The first kappa shape index (κ1) is 17.6. The summed E-state index contributed by atoms with van der Waals surface area (Å²) in [6.45, 7) is 1.31. The van der Waals surface area contributed by atoms with E-state index < -0.39 is 17.5 Å². The molecule has 0 aliphatic rings. The van der Waals surface area contributed by atoms with Gasteiger partial charge >= 0.3 is 0 Å². The highest BCUT2D eigenvalue weighted by Crippen LogP contribution is 2.22. The molecule has 0 heterocycles. The van der Waals surface area contributed by atoms with Gasteiger partial charge in [0.2, 0.25) is 11.8 Å². The fourth-order valence-corrected chi connectivity index (χ4v) is 2.13. The third-order valence-corrected chi connectivity index (χ3v) is 3.28. The van der Waals surface area contributed by atoms with Crippen LogP contribution in [0.25, 0.3) is 6.08 Å². The summed E-state index contributed by atoms with van der Waals surface area (Å²) in [5.74, 6) is -2.25. The van der Waals surface area contributed by atoms with Crippen molar-refractivity contribution in [3.63, 3.8) is 0 Å². The van der Waals surface area contributed by atoms with Crippen molar-refractivity contribution in [3.8, 4) is 0 Å². The first-order chi connectivity index (χ1) is 11.4. The molecule has 0 atom stereocenters. The van der Waals surface area contributed by atoms with Crippen LogP contribution in [-0.4, -0.2) is 11.8 Å². The Hall–Kier alpha value is -2.73. The van der Waals surface area contributed by atoms with Crippen LogP contribution in [0.4, 0.5) is 20.2 Å². The summed E-state index contributed by atoms with van der Waals surface area (Å²) in [6, 6.07) is 7.88. The van der Waals surface area contributed by atoms with E-state index in [1.807, 2.05) is 0 Å². The van der Waals surface area contributed by atoms with Crippen molar-refractivity contribution in [1.29, 1.82) is 0 Å². The molecule has 7 heteroatoms. The molecule has 124 valence electrons. The maximum absolute atomic E-state index is 13.7. The SMILES string of the molecule is CC(=O)Nc1ccc(F)c(NC(=O)/C=C/c2c(F)cccc2Cl)c1. The van der Waals surface area contributed by atoms with Gasteiger partial charge in [0.1, 0.15) is 11.6 Å². The Kier molecular flexibility index (Phi) is 5.65. The second-order valence-corrected chi connectivity index (χ2v) is 5.24. The number of anilines is 2. The first-order valence-electron chi connectivity index (χ1n) is 6.87. The second kappa shape index (κ2) is 7.70. The quantitative estimate of drug-likeness (QED) is 0.811. The zero-order valence-corrected chi connectivity index (χ0v) is 13.3. The van der Waals surface area contributed by atoms with Crippen molar-refractivity contribution < 1.29 is 18.4 Å². The predicted octanol–water partition coefficient (Wildman–Crippen LogP) is 4.23. The van der Waals surface area contributed by atoms with Crippen LogP contribution < -0.4 is 10.6 Å². The summed E-state index contributed by atoms with van der Waals surface area (Å²) in [7, 11) is 0. The molecule has 4 nitrogen and oxygen atoms in total. The molecular weight excluding hydrogens is 338 g/mol. The summed E-state index contributed by atoms with van der Waals surface area (Å²) >= 11 is 5.84. The molecule has 0 aliphatic carbocycles. The molecule has 0 aromatic heterocycles. The third-order valence-electron chi connectivity index (χ3n) is 2.95. The van der Waals surface area contributed by atoms with Gasteiger partial charge in [-0.15, -0.1) is 0 Å². The average Bonchev–Trinajstić information content (AvgIpc) is 2.49. The van der Waals surface area contributed by atoms with Crippen LogP contribution in [0.1, 0.15) is 12.5 Å². The molecule has 0 aliphatic heterocycles. The maximum atomic E-state index is 13.7. The molecule has 24 heavy (non-hydrogen) atoms. The predicted molar refractivity (Wildman–Crippen MR) is 89.8 cm³/mol. The number of hydrogen-bond donors (Lipinski definition) is 2. The summed E-state index contributed by atoms with van der Waals surface area (Å²) in [5, 5.41) is 4.94. The van der Waals surface area contributed by atoms with Gasteiger partial charge < -0.3 is 10.6 Å². The number of halogens is 3. The third kappa shape index (κ3) is 4.63. The van der Waals surface area contributed by atoms with Gasteiger partial charge in [-0.1, -0.05) is 17.7 Å². The molecule has 0 unspecified atom stereocenters. The maximum Gasteiger partial charge on any atom is 0.248 e. The Bertz CT molecular complexity index is 802. The number of carbonyl (C=O) groups excluding carboxylic acids is 2. The normalized spacial score (nSPS) is 10.7. The number of amides is 2. The van der Waals surface area contributed by atoms with E-state index in [0.717, 1.165) is 12.1 Å². The fraction of sp³-hybridized carbons (Fsp3) is 0.0588. The minimum Gasteiger partial charge on any atom is -0.326 e. The fourth-order valence-electron chi connectivity index (χ4n) is 1.91. The molecule has 2 aromatic rings. The molecule has 2 N–H and O–H groups in total. The Morgan fingerprint density at radius 3 is 2.50 bits per heavy atom. The minimum atomic E-state index is -0.673. The second-order valence-electron chi connectivity index (χ2n) is 4.83. The molecule has 0 bridgehead atoms. The van der Waals surface area contributed by atoms with Gasteiger partial charge in [-0.05, 0) is 36.4 Å². The number of rotatable bonds is 4. The van der Waals surface area contributed by atoms with Crippen molar-refractivity contribution in [2.24, 2.45) is 0 Å². The highest BCUT2D eigenvalue weighted by atomic mass is 35.5. The van der Waals surface area contributed by atoms with Crippen molar-refractivity contribution in [3.05, 3.63) is 64.7 Å². The van der Waals surface area contributed by atoms with Crippen LogP contribution in [-0.2, 0) is 9.59 Å². The molecule has 2 rings (SSSR count). The van der Waals surface area contributed by atoms with E-state index in [9.17, 15) is 18.4 Å². The molecule has 0 spiro atoms. The standard InChI is InChI=1S/C17H13ClF2N2O2/c1-10(23)21-11-5-7-15(20)16(9-11)22-17(24)8-6-12-13(18)3-2-4-14(12)19/h2-9H,1H3,(H,21,23)(H,22,24)/b8-6+. The summed E-state index contributed by atoms with van der Waals surface area (Å²) in [5.41, 5.74) is 0.276. The molecule has 0 saturated carbocycles. The molecule has 2 amide bonds. The van der Waals surface area contributed by atoms with Gasteiger partial charge in [-0.25, -0.2) is 8.78 Å². The van der Waals surface area contributed by atoms with Crippen molar-refractivity contribution in [2.45, 2.75) is 6.92 Å². The summed E-state index contributed by atoms with van der Waals surface area (Å²) in [4.78, 5) is 22.9. The lowest BCUT2D eigenvalue weighted by molar-refractivity contribution is -0.114. The molecule has 2 aromatic carbocycles. The van der Waals surface area contributed by atoms with E-state index in [-0.39, 0.29) is 22.2 Å². The van der Waals surface area contributed by atoms with Crippen molar-refractivity contribution in [1.82, 2.24) is 0 Å². The van der Waals surface area contributed by atoms with Crippen molar-refractivity contribution in [2.75, 3.05) is 10.6 Å². The zero-order chi connectivity index (χ0) is 17.7. The van der Waals surface area contributed by atoms with E-state index in [1.165, 1.54) is 43.3 Å². The molecule has 0 fully saturated rings. The lowest BCUT2D eigenvalue weighted by Crippen LogP contribution is -2.11. The van der Waals surface area contributed by atoms with Gasteiger partial charge in [0.15, 0.2) is 0 Å². The van der Waals surface area contributed by atoms with Gasteiger partial charge in [0, 0.05) is 24.3 Å². The molecule has 0 saturated heterocycles. The Labute approximate surface area is 142 Å². The number of nitrogens with one attached hydrogen (secondary N) is 2. The largest absolute Gasteiger partial charge is 0.326 e. The van der Waals surface area contributed by atoms with Gasteiger partial charge in [-0.3, -0.25) is 9.59 Å². The van der Waals surface area contributed by atoms with Crippen molar-refractivity contribution >= 4 is 40.9 Å². The minimum absolute atomic E-state index is 0.0572. The number of carbonyl (C=O) groups is 2. The first-order valence-corrected chi connectivity index (χ1v) is 7.25. The Balaban J connectivity index is 2.15. The van der Waals surface area contributed by atoms with E-state index in [2.05, 4.69) is 10.6 Å². The van der Waals surface area contributed by atoms with E-state index in [1.54, 1.807) is 0 Å². The number of hydrogen-bond acceptors (Lipinski definition) is 2. The van der Waals surface area contributed by atoms with E-state index >= 15 is 0 Å². The highest BCUT2D eigenvalue weighted by molar-refractivity contribution is 6.32. The average molecular weight is 351 g/mol. The van der Waals surface area contributed by atoms with Crippen LogP contribution in [0.2, 0.25) is 5.02 Å². The zero-order valence-electron chi connectivity index (χ0n) is 12.6. The lowest BCUT2D eigenvalue weighted by atomic mass is 10.2. The van der Waals surface area contributed by atoms with Crippen LogP contribution in [0.15, 0.2) is 42.5 Å². The van der Waals surface area contributed by atoms with E-state index in [4.69, 9.17) is 11.6 Å². The monoisotopic (exact) mass is 350 g/mol. The molecular formula is C17H13ClF2N2O2. The summed E-state index contributed by atoms with van der Waals surface area (Å²) < 4.78 is 27.3. The number of benzene rings is 2. The van der Waals surface area contributed by atoms with Crippen LogP contribution in [0.5, 0.6) is 0 Å². The summed E-state index contributed by atoms with van der Waals surface area (Å²) in [6.07, 6.45) is 2.23. The highest BCUT2D eigenvalue weighted by Gasteiger charge is 2.08. The van der Waals surface area contributed by atoms with Gasteiger partial charge in [0.05, 0.1) is 10.7 Å².